The highest BCUT2D eigenvalue weighted by molar-refractivity contribution is 5.82. The van der Waals surface area contributed by atoms with Crippen LogP contribution in [0.2, 0.25) is 0 Å². The van der Waals surface area contributed by atoms with Gasteiger partial charge in [0, 0.05) is 19.6 Å². The molecule has 0 aromatic carbocycles. The van der Waals surface area contributed by atoms with Crippen LogP contribution in [-0.4, -0.2) is 41.4 Å². The third-order valence-electron chi connectivity index (χ3n) is 2.33. The summed E-state index contributed by atoms with van der Waals surface area (Å²) in [5.74, 6) is -0.792. The van der Waals surface area contributed by atoms with Crippen molar-refractivity contribution in [2.45, 2.75) is 32.7 Å². The maximum atomic E-state index is 11.3. The first-order valence-electron chi connectivity index (χ1n) is 5.39. The fraction of sp³-hybridized carbons (Fsp3) is 0.800. The number of carboxylic acids is 1. The molecule has 94 valence electrons. The first kappa shape index (κ1) is 14.7. The molecule has 0 saturated carbocycles. The van der Waals surface area contributed by atoms with Crippen molar-refractivity contribution >= 4 is 12.0 Å². The summed E-state index contributed by atoms with van der Waals surface area (Å²) in [7, 11) is 0. The van der Waals surface area contributed by atoms with Crippen LogP contribution in [0.4, 0.5) is 4.79 Å². The van der Waals surface area contributed by atoms with E-state index in [4.69, 9.17) is 10.2 Å². The highest BCUT2D eigenvalue weighted by atomic mass is 16.4. The van der Waals surface area contributed by atoms with Crippen molar-refractivity contribution in [2.24, 2.45) is 5.92 Å². The Morgan fingerprint density at radius 3 is 2.44 bits per heavy atom. The van der Waals surface area contributed by atoms with E-state index in [2.05, 4.69) is 10.6 Å². The molecule has 0 aliphatic heterocycles. The molecule has 6 heteroatoms. The predicted octanol–water partition coefficient (Wildman–Crippen LogP) is 0.167. The zero-order chi connectivity index (χ0) is 12.6. The fourth-order valence-electron chi connectivity index (χ4n) is 1.01. The van der Waals surface area contributed by atoms with Gasteiger partial charge < -0.3 is 20.8 Å². The molecule has 16 heavy (non-hydrogen) atoms. The molecule has 0 heterocycles. The Hall–Kier alpha value is -1.30. The summed E-state index contributed by atoms with van der Waals surface area (Å²) in [6, 6.07) is -1.55. The van der Waals surface area contributed by atoms with Gasteiger partial charge in [-0.1, -0.05) is 20.3 Å². The largest absolute Gasteiger partial charge is 0.480 e. The van der Waals surface area contributed by atoms with Crippen molar-refractivity contribution in [3.63, 3.8) is 0 Å². The molecule has 0 fully saturated rings. The Bertz CT molecular complexity index is 233. The van der Waals surface area contributed by atoms with Crippen LogP contribution in [0.1, 0.15) is 26.7 Å². The summed E-state index contributed by atoms with van der Waals surface area (Å²) in [6.07, 6.45) is 0.950. The third-order valence-corrected chi connectivity index (χ3v) is 2.33. The number of hydrogen-bond donors (Lipinski definition) is 4. The monoisotopic (exact) mass is 232 g/mol. The van der Waals surface area contributed by atoms with Gasteiger partial charge in [0.2, 0.25) is 0 Å². The number of aliphatic carboxylic acids is 1. The van der Waals surface area contributed by atoms with Crippen molar-refractivity contribution in [1.29, 1.82) is 0 Å². The normalized spacial score (nSPS) is 13.9. The Kier molecular flexibility index (Phi) is 7.28. The molecular formula is C10H20N2O4. The molecule has 1 unspecified atom stereocenters. The van der Waals surface area contributed by atoms with Gasteiger partial charge in [-0.15, -0.1) is 0 Å². The number of rotatable bonds is 7. The number of amides is 2. The van der Waals surface area contributed by atoms with Crippen molar-refractivity contribution < 1.29 is 19.8 Å². The Morgan fingerprint density at radius 1 is 1.38 bits per heavy atom. The number of carbonyl (C=O) groups excluding carboxylic acids is 1. The van der Waals surface area contributed by atoms with E-state index in [-0.39, 0.29) is 13.0 Å². The van der Waals surface area contributed by atoms with E-state index >= 15 is 0 Å². The average molecular weight is 232 g/mol. The molecule has 0 radical (unpaired) electrons. The molecule has 2 amide bonds. The number of nitrogens with one attached hydrogen (secondary N) is 2. The first-order valence-corrected chi connectivity index (χ1v) is 5.39. The summed E-state index contributed by atoms with van der Waals surface area (Å²) in [5, 5.41) is 22.2. The van der Waals surface area contributed by atoms with Gasteiger partial charge in [0.05, 0.1) is 0 Å². The van der Waals surface area contributed by atoms with Crippen LogP contribution in [0.5, 0.6) is 0 Å². The molecule has 0 aromatic rings. The molecular weight excluding hydrogens is 212 g/mol. The van der Waals surface area contributed by atoms with E-state index in [0.29, 0.717) is 12.5 Å². The number of aliphatic hydroxyl groups is 1. The van der Waals surface area contributed by atoms with Gasteiger partial charge in [-0.2, -0.15) is 0 Å². The number of urea groups is 1. The molecule has 0 bridgehead atoms. The number of aliphatic hydroxyl groups excluding tert-OH is 1. The second-order valence-corrected chi connectivity index (χ2v) is 3.77. The van der Waals surface area contributed by atoms with E-state index in [1.165, 1.54) is 0 Å². The minimum absolute atomic E-state index is 0.00604. The molecule has 4 N–H and O–H groups in total. The maximum Gasteiger partial charge on any atom is 0.326 e. The van der Waals surface area contributed by atoms with Crippen LogP contribution in [-0.2, 0) is 4.79 Å². The van der Waals surface area contributed by atoms with E-state index in [1.54, 1.807) is 0 Å². The lowest BCUT2D eigenvalue weighted by Crippen LogP contribution is -2.47. The lowest BCUT2D eigenvalue weighted by molar-refractivity contribution is -0.139. The van der Waals surface area contributed by atoms with Gasteiger partial charge in [0.1, 0.15) is 6.04 Å². The van der Waals surface area contributed by atoms with Crippen molar-refractivity contribution in [2.75, 3.05) is 13.2 Å². The molecule has 0 aliphatic rings. The summed E-state index contributed by atoms with van der Waals surface area (Å²) in [6.45, 7) is 4.23. The fourth-order valence-corrected chi connectivity index (χ4v) is 1.01. The lowest BCUT2D eigenvalue weighted by atomic mass is 10.1. The zero-order valence-corrected chi connectivity index (χ0v) is 9.69. The van der Waals surface area contributed by atoms with Gasteiger partial charge in [0.15, 0.2) is 0 Å². The second kappa shape index (κ2) is 7.92. The SMILES string of the molecule is CCC(C)CNC(=O)N[C@@H](CCO)C(=O)O. The molecule has 6 nitrogen and oxygen atoms in total. The van der Waals surface area contributed by atoms with Crippen LogP contribution >= 0.6 is 0 Å². The van der Waals surface area contributed by atoms with Crippen molar-refractivity contribution in [1.82, 2.24) is 10.6 Å². The standard InChI is InChI=1S/C10H20N2O4/c1-3-7(2)6-11-10(16)12-8(4-5-13)9(14)15/h7-8,13H,3-6H2,1-2H3,(H,14,15)(H2,11,12,16)/t7?,8-/m0/s1. The predicted molar refractivity (Wildman–Crippen MR) is 59.1 cm³/mol. The topological polar surface area (TPSA) is 98.7 Å². The van der Waals surface area contributed by atoms with Gasteiger partial charge in [-0.05, 0) is 5.92 Å². The van der Waals surface area contributed by atoms with Gasteiger partial charge in [-0.3, -0.25) is 0 Å². The smallest absolute Gasteiger partial charge is 0.326 e. The first-order chi connectivity index (χ1) is 7.51. The number of carbonyl (C=O) groups is 2. The maximum absolute atomic E-state index is 11.3. The van der Waals surface area contributed by atoms with Gasteiger partial charge in [0.25, 0.3) is 0 Å². The number of hydrogen-bond acceptors (Lipinski definition) is 3. The van der Waals surface area contributed by atoms with E-state index in [0.717, 1.165) is 6.42 Å². The second-order valence-electron chi connectivity index (χ2n) is 3.77. The lowest BCUT2D eigenvalue weighted by Gasteiger charge is -2.15. The Balaban J connectivity index is 3.95. The molecule has 0 aromatic heterocycles. The summed E-state index contributed by atoms with van der Waals surface area (Å²) < 4.78 is 0. The summed E-state index contributed by atoms with van der Waals surface area (Å²) >= 11 is 0. The van der Waals surface area contributed by atoms with Crippen LogP contribution in [0, 0.1) is 5.92 Å². The molecule has 0 aliphatic carbocycles. The van der Waals surface area contributed by atoms with Crippen LogP contribution in [0.3, 0.4) is 0 Å². The summed E-state index contributed by atoms with van der Waals surface area (Å²) in [4.78, 5) is 22.0. The quantitative estimate of drug-likeness (QED) is 0.502. The van der Waals surface area contributed by atoms with Gasteiger partial charge >= 0.3 is 12.0 Å². The van der Waals surface area contributed by atoms with Crippen LogP contribution in [0.15, 0.2) is 0 Å². The molecule has 0 spiro atoms. The minimum atomic E-state index is -1.15. The van der Waals surface area contributed by atoms with E-state index in [1.807, 2.05) is 13.8 Å². The van der Waals surface area contributed by atoms with Gasteiger partial charge in [-0.25, -0.2) is 9.59 Å². The Labute approximate surface area is 95.0 Å². The minimum Gasteiger partial charge on any atom is -0.480 e. The Morgan fingerprint density at radius 2 is 2.00 bits per heavy atom. The van der Waals surface area contributed by atoms with Crippen molar-refractivity contribution in [3.8, 4) is 0 Å². The summed E-state index contributed by atoms with van der Waals surface area (Å²) in [5.41, 5.74) is 0. The van der Waals surface area contributed by atoms with E-state index < -0.39 is 18.0 Å². The van der Waals surface area contributed by atoms with Crippen LogP contribution < -0.4 is 10.6 Å². The zero-order valence-electron chi connectivity index (χ0n) is 9.69. The van der Waals surface area contributed by atoms with Crippen molar-refractivity contribution in [3.05, 3.63) is 0 Å². The molecule has 2 atom stereocenters. The third kappa shape index (κ3) is 6.23. The molecule has 0 rings (SSSR count). The van der Waals surface area contributed by atoms with Crippen LogP contribution in [0.25, 0.3) is 0 Å². The molecule has 0 saturated heterocycles. The number of carboxylic acid groups (broad SMARTS) is 1. The highest BCUT2D eigenvalue weighted by Crippen LogP contribution is 1.97. The average Bonchev–Trinajstić information content (AvgIpc) is 2.25. The highest BCUT2D eigenvalue weighted by Gasteiger charge is 2.18. The van der Waals surface area contributed by atoms with E-state index in [9.17, 15) is 9.59 Å².